The molecule has 0 radical (unpaired) electrons. The molecule has 1 unspecified atom stereocenters. The molecule has 2 rings (SSSR count). The SMILES string of the molecule is CN1CCCN(C)C(c2nc(C(F)(F)F)c(CN)s2)C1. The molecule has 1 aromatic heterocycles. The standard InChI is InChI=1S/C12H19F3N4S/c1-18-4-3-5-19(2)8(7-18)11-17-10(12(13,14)15)9(6-16)20-11/h8H,3-7,16H2,1-2H3. The van der Waals surface area contributed by atoms with Gasteiger partial charge in [0.15, 0.2) is 5.69 Å². The van der Waals surface area contributed by atoms with Crippen molar-refractivity contribution in [2.24, 2.45) is 5.73 Å². The van der Waals surface area contributed by atoms with Gasteiger partial charge in [0.05, 0.1) is 10.9 Å². The van der Waals surface area contributed by atoms with Crippen LogP contribution < -0.4 is 5.73 Å². The Hall–Kier alpha value is -0.700. The maximum Gasteiger partial charge on any atom is 0.434 e. The summed E-state index contributed by atoms with van der Waals surface area (Å²) in [6.07, 6.45) is -3.43. The number of hydrogen-bond donors (Lipinski definition) is 1. The van der Waals surface area contributed by atoms with E-state index in [4.69, 9.17) is 5.73 Å². The summed E-state index contributed by atoms with van der Waals surface area (Å²) in [6.45, 7) is 2.36. The van der Waals surface area contributed by atoms with Crippen molar-refractivity contribution in [3.05, 3.63) is 15.6 Å². The molecule has 1 aromatic rings. The third-order valence-corrected chi connectivity index (χ3v) is 4.70. The first-order valence-electron chi connectivity index (χ1n) is 6.48. The van der Waals surface area contributed by atoms with Crippen molar-refractivity contribution in [3.8, 4) is 0 Å². The van der Waals surface area contributed by atoms with E-state index in [1.165, 1.54) is 0 Å². The first kappa shape index (κ1) is 15.7. The normalized spacial score (nSPS) is 23.0. The van der Waals surface area contributed by atoms with Gasteiger partial charge in [-0.15, -0.1) is 11.3 Å². The number of nitrogens with two attached hydrogens (primary N) is 1. The zero-order valence-electron chi connectivity index (χ0n) is 11.6. The van der Waals surface area contributed by atoms with Crippen LogP contribution in [0.25, 0.3) is 0 Å². The predicted octanol–water partition coefficient (Wildman–Crippen LogP) is 1.93. The monoisotopic (exact) mass is 308 g/mol. The molecule has 1 aliphatic heterocycles. The molecular weight excluding hydrogens is 289 g/mol. The minimum absolute atomic E-state index is 0.103. The summed E-state index contributed by atoms with van der Waals surface area (Å²) in [5, 5.41) is 0.508. The number of halogens is 3. The van der Waals surface area contributed by atoms with Crippen LogP contribution in [0.1, 0.15) is 28.0 Å². The van der Waals surface area contributed by atoms with E-state index in [0.29, 0.717) is 11.6 Å². The fraction of sp³-hybridized carbons (Fsp3) is 0.750. The topological polar surface area (TPSA) is 45.4 Å². The summed E-state index contributed by atoms with van der Waals surface area (Å²) in [5.41, 5.74) is 4.61. The maximum atomic E-state index is 12.9. The number of aromatic nitrogens is 1. The molecular formula is C12H19F3N4S. The van der Waals surface area contributed by atoms with E-state index in [1.54, 1.807) is 0 Å². The first-order valence-corrected chi connectivity index (χ1v) is 7.30. The number of alkyl halides is 3. The predicted molar refractivity (Wildman–Crippen MR) is 72.5 cm³/mol. The van der Waals surface area contributed by atoms with Crippen LogP contribution >= 0.6 is 11.3 Å². The van der Waals surface area contributed by atoms with Crippen LogP contribution in [-0.4, -0.2) is 48.5 Å². The van der Waals surface area contributed by atoms with Crippen molar-refractivity contribution in [3.63, 3.8) is 0 Å². The highest BCUT2D eigenvalue weighted by Gasteiger charge is 2.38. The van der Waals surface area contributed by atoms with Gasteiger partial charge in [-0.05, 0) is 33.6 Å². The van der Waals surface area contributed by atoms with Gasteiger partial charge in [-0.25, -0.2) is 4.98 Å². The lowest BCUT2D eigenvalue weighted by atomic mass is 10.2. The molecule has 0 aliphatic carbocycles. The number of nitrogens with zero attached hydrogens (tertiary/aromatic N) is 3. The van der Waals surface area contributed by atoms with E-state index in [9.17, 15) is 13.2 Å². The Bertz CT molecular complexity index is 460. The lowest BCUT2D eigenvalue weighted by Crippen LogP contribution is -2.30. The van der Waals surface area contributed by atoms with Crippen molar-refractivity contribution in [1.29, 1.82) is 0 Å². The van der Waals surface area contributed by atoms with E-state index >= 15 is 0 Å². The molecule has 2 heterocycles. The smallest absolute Gasteiger partial charge is 0.326 e. The lowest BCUT2D eigenvalue weighted by molar-refractivity contribution is -0.141. The summed E-state index contributed by atoms with van der Waals surface area (Å²) in [7, 11) is 3.91. The van der Waals surface area contributed by atoms with E-state index in [2.05, 4.69) is 14.8 Å². The minimum Gasteiger partial charge on any atom is -0.326 e. The fourth-order valence-electron chi connectivity index (χ4n) is 2.41. The third kappa shape index (κ3) is 3.30. The molecule has 8 heteroatoms. The Morgan fingerprint density at radius 2 is 2.05 bits per heavy atom. The second-order valence-corrected chi connectivity index (χ2v) is 6.25. The molecule has 0 spiro atoms. The Balaban J connectivity index is 2.34. The van der Waals surface area contributed by atoms with Crippen LogP contribution in [0.2, 0.25) is 0 Å². The van der Waals surface area contributed by atoms with E-state index in [-0.39, 0.29) is 17.5 Å². The van der Waals surface area contributed by atoms with Gasteiger partial charge in [-0.1, -0.05) is 0 Å². The number of likely N-dealkylation sites (N-methyl/N-ethyl adjacent to an activating group) is 2. The molecule has 0 bridgehead atoms. The molecule has 2 N–H and O–H groups in total. The largest absolute Gasteiger partial charge is 0.434 e. The molecule has 114 valence electrons. The molecule has 0 saturated carbocycles. The van der Waals surface area contributed by atoms with Crippen molar-refractivity contribution in [1.82, 2.24) is 14.8 Å². The van der Waals surface area contributed by atoms with E-state index in [0.717, 1.165) is 30.8 Å². The number of thiazole rings is 1. The molecule has 1 fully saturated rings. The van der Waals surface area contributed by atoms with Gasteiger partial charge in [0.25, 0.3) is 0 Å². The Morgan fingerprint density at radius 3 is 2.60 bits per heavy atom. The highest BCUT2D eigenvalue weighted by molar-refractivity contribution is 7.11. The van der Waals surface area contributed by atoms with Crippen LogP contribution in [0, 0.1) is 0 Å². The van der Waals surface area contributed by atoms with Crippen molar-refractivity contribution >= 4 is 11.3 Å². The molecule has 1 atom stereocenters. The molecule has 1 saturated heterocycles. The zero-order valence-corrected chi connectivity index (χ0v) is 12.4. The van der Waals surface area contributed by atoms with Gasteiger partial charge < -0.3 is 10.6 Å². The van der Waals surface area contributed by atoms with Gasteiger partial charge in [-0.2, -0.15) is 13.2 Å². The second-order valence-electron chi connectivity index (χ2n) is 5.14. The van der Waals surface area contributed by atoms with Crippen molar-refractivity contribution in [2.75, 3.05) is 33.7 Å². The number of hydrogen-bond acceptors (Lipinski definition) is 5. The summed E-state index contributed by atoms with van der Waals surface area (Å²) in [4.78, 5) is 8.17. The first-order chi connectivity index (χ1) is 9.32. The second kappa shape index (κ2) is 5.97. The van der Waals surface area contributed by atoms with Gasteiger partial charge in [0.2, 0.25) is 0 Å². The van der Waals surface area contributed by atoms with Gasteiger partial charge in [0.1, 0.15) is 5.01 Å². The summed E-state index contributed by atoms with van der Waals surface area (Å²) < 4.78 is 38.8. The van der Waals surface area contributed by atoms with Crippen molar-refractivity contribution < 1.29 is 13.2 Å². The molecule has 0 amide bonds. The molecule has 20 heavy (non-hydrogen) atoms. The Morgan fingerprint density at radius 1 is 1.35 bits per heavy atom. The average Bonchev–Trinajstić information content (AvgIpc) is 2.72. The van der Waals surface area contributed by atoms with Crippen LogP contribution in [0.4, 0.5) is 13.2 Å². The molecule has 1 aliphatic rings. The van der Waals surface area contributed by atoms with Crippen LogP contribution in [0.3, 0.4) is 0 Å². The van der Waals surface area contributed by atoms with E-state index < -0.39 is 11.9 Å². The zero-order chi connectivity index (χ0) is 14.9. The molecule has 4 nitrogen and oxygen atoms in total. The Labute approximate surface area is 120 Å². The van der Waals surface area contributed by atoms with E-state index in [1.807, 2.05) is 14.1 Å². The highest BCUT2D eigenvalue weighted by atomic mass is 32.1. The van der Waals surface area contributed by atoms with Crippen LogP contribution in [0.5, 0.6) is 0 Å². The van der Waals surface area contributed by atoms with Crippen LogP contribution in [-0.2, 0) is 12.7 Å². The molecule has 0 aromatic carbocycles. The lowest BCUT2D eigenvalue weighted by Gasteiger charge is -2.25. The Kier molecular flexibility index (Phi) is 4.68. The van der Waals surface area contributed by atoms with Crippen molar-refractivity contribution in [2.45, 2.75) is 25.2 Å². The summed E-state index contributed by atoms with van der Waals surface area (Å²) in [5.74, 6) is 0. The summed E-state index contributed by atoms with van der Waals surface area (Å²) in [6, 6.07) is -0.103. The maximum absolute atomic E-state index is 12.9. The number of rotatable bonds is 2. The van der Waals surface area contributed by atoms with Gasteiger partial charge in [0, 0.05) is 13.1 Å². The third-order valence-electron chi connectivity index (χ3n) is 3.52. The van der Waals surface area contributed by atoms with Gasteiger partial charge >= 0.3 is 6.18 Å². The van der Waals surface area contributed by atoms with Crippen LogP contribution in [0.15, 0.2) is 0 Å². The fourth-order valence-corrected chi connectivity index (χ4v) is 3.53. The average molecular weight is 308 g/mol. The minimum atomic E-state index is -4.43. The quantitative estimate of drug-likeness (QED) is 0.907. The highest BCUT2D eigenvalue weighted by Crippen LogP contribution is 2.37. The summed E-state index contributed by atoms with van der Waals surface area (Å²) >= 11 is 1.08. The van der Waals surface area contributed by atoms with Gasteiger partial charge in [-0.3, -0.25) is 4.90 Å².